The largest absolute Gasteiger partial charge is 0.456 e. The summed E-state index contributed by atoms with van der Waals surface area (Å²) in [5, 5.41) is 2.42. The first kappa shape index (κ1) is 13.7. The third kappa shape index (κ3) is 2.26. The molecule has 0 N–H and O–H groups in total. The monoisotopic (exact) mass is 330 g/mol. The molecule has 1 unspecified atom stereocenters. The highest BCUT2D eigenvalue weighted by Gasteiger charge is 2.18. The standard InChI is InChI=1S/C18H19BrO/c1-3-12(4-2)18(19)13-9-10-17-15(11-13)14-7-5-6-8-16(14)20-17/h5-12,18H,3-4H2,1-2H3. The number of hydrogen-bond acceptors (Lipinski definition) is 1. The van der Waals surface area contributed by atoms with Crippen LogP contribution in [0.5, 0.6) is 0 Å². The topological polar surface area (TPSA) is 13.1 Å². The van der Waals surface area contributed by atoms with Gasteiger partial charge in [-0.2, -0.15) is 0 Å². The first-order chi connectivity index (χ1) is 9.74. The van der Waals surface area contributed by atoms with Crippen LogP contribution < -0.4 is 0 Å². The van der Waals surface area contributed by atoms with Crippen molar-refractivity contribution in [2.75, 3.05) is 0 Å². The Morgan fingerprint density at radius 2 is 1.65 bits per heavy atom. The summed E-state index contributed by atoms with van der Waals surface area (Å²) in [6.45, 7) is 4.52. The summed E-state index contributed by atoms with van der Waals surface area (Å²) < 4.78 is 5.88. The van der Waals surface area contributed by atoms with Gasteiger partial charge in [-0.15, -0.1) is 0 Å². The number of fused-ring (bicyclic) bond motifs is 3. The first-order valence-electron chi connectivity index (χ1n) is 7.29. The molecule has 2 heteroatoms. The Morgan fingerprint density at radius 3 is 2.40 bits per heavy atom. The van der Waals surface area contributed by atoms with E-state index < -0.39 is 0 Å². The lowest BCUT2D eigenvalue weighted by molar-refractivity contribution is 0.487. The lowest BCUT2D eigenvalue weighted by Crippen LogP contribution is -2.05. The normalized spacial score (nSPS) is 13.4. The molecule has 0 aliphatic heterocycles. The van der Waals surface area contributed by atoms with Crippen LogP contribution in [0.1, 0.15) is 37.1 Å². The summed E-state index contributed by atoms with van der Waals surface area (Å²) in [4.78, 5) is 0.413. The van der Waals surface area contributed by atoms with Crippen LogP contribution in [0.15, 0.2) is 46.9 Å². The molecule has 2 aromatic carbocycles. The van der Waals surface area contributed by atoms with E-state index in [4.69, 9.17) is 4.42 Å². The third-order valence-electron chi connectivity index (χ3n) is 4.18. The molecule has 0 spiro atoms. The molecule has 1 aromatic heterocycles. The van der Waals surface area contributed by atoms with Gasteiger partial charge in [-0.25, -0.2) is 0 Å². The van der Waals surface area contributed by atoms with E-state index in [9.17, 15) is 0 Å². The Morgan fingerprint density at radius 1 is 0.950 bits per heavy atom. The summed E-state index contributed by atoms with van der Waals surface area (Å²) in [7, 11) is 0. The van der Waals surface area contributed by atoms with E-state index in [1.54, 1.807) is 0 Å². The molecule has 1 nitrogen and oxygen atoms in total. The smallest absolute Gasteiger partial charge is 0.135 e. The van der Waals surface area contributed by atoms with Crippen LogP contribution >= 0.6 is 15.9 Å². The van der Waals surface area contributed by atoms with Crippen molar-refractivity contribution < 1.29 is 4.42 Å². The Labute approximate surface area is 128 Å². The van der Waals surface area contributed by atoms with Crippen LogP contribution in [0, 0.1) is 5.92 Å². The molecule has 1 atom stereocenters. The summed E-state index contributed by atoms with van der Waals surface area (Å²) in [5.74, 6) is 0.672. The lowest BCUT2D eigenvalue weighted by Gasteiger charge is -2.19. The van der Waals surface area contributed by atoms with Gasteiger partial charge in [0.2, 0.25) is 0 Å². The van der Waals surface area contributed by atoms with Crippen LogP contribution in [0.2, 0.25) is 0 Å². The van der Waals surface area contributed by atoms with Gasteiger partial charge in [-0.3, -0.25) is 0 Å². The molecule has 0 aliphatic carbocycles. The molecule has 0 amide bonds. The van der Waals surface area contributed by atoms with Gasteiger partial charge in [0.1, 0.15) is 11.2 Å². The fourth-order valence-electron chi connectivity index (χ4n) is 2.89. The number of para-hydroxylation sites is 1. The maximum atomic E-state index is 5.88. The SMILES string of the molecule is CCC(CC)C(Br)c1ccc2oc3ccccc3c2c1. The molecule has 0 fully saturated rings. The summed E-state index contributed by atoms with van der Waals surface area (Å²) in [5.41, 5.74) is 3.28. The van der Waals surface area contributed by atoms with E-state index >= 15 is 0 Å². The molecule has 0 radical (unpaired) electrons. The van der Waals surface area contributed by atoms with E-state index in [1.807, 2.05) is 12.1 Å². The van der Waals surface area contributed by atoms with Crippen LogP contribution in [0.4, 0.5) is 0 Å². The van der Waals surface area contributed by atoms with Gasteiger partial charge < -0.3 is 4.42 Å². The first-order valence-corrected chi connectivity index (χ1v) is 8.21. The van der Waals surface area contributed by atoms with Gasteiger partial charge in [0.05, 0.1) is 0 Å². The van der Waals surface area contributed by atoms with Crippen LogP contribution in [-0.4, -0.2) is 0 Å². The second kappa shape index (κ2) is 5.61. The van der Waals surface area contributed by atoms with Crippen molar-refractivity contribution in [2.24, 2.45) is 5.92 Å². The van der Waals surface area contributed by atoms with Crippen LogP contribution in [0.3, 0.4) is 0 Å². The minimum atomic E-state index is 0.413. The quantitative estimate of drug-likeness (QED) is 0.500. The highest BCUT2D eigenvalue weighted by atomic mass is 79.9. The van der Waals surface area contributed by atoms with Crippen molar-refractivity contribution in [3.8, 4) is 0 Å². The van der Waals surface area contributed by atoms with Gasteiger partial charge in [0, 0.05) is 15.6 Å². The molecule has 104 valence electrons. The van der Waals surface area contributed by atoms with Crippen molar-refractivity contribution in [3.63, 3.8) is 0 Å². The third-order valence-corrected chi connectivity index (χ3v) is 5.46. The van der Waals surface area contributed by atoms with Crippen molar-refractivity contribution in [1.82, 2.24) is 0 Å². The number of benzene rings is 2. The Balaban J connectivity index is 2.12. The molecule has 0 saturated carbocycles. The van der Waals surface area contributed by atoms with Gasteiger partial charge in [0.25, 0.3) is 0 Å². The maximum absolute atomic E-state index is 5.88. The number of alkyl halides is 1. The minimum absolute atomic E-state index is 0.413. The molecular formula is C18H19BrO. The van der Waals surface area contributed by atoms with Crippen molar-refractivity contribution in [3.05, 3.63) is 48.0 Å². The van der Waals surface area contributed by atoms with Crippen LogP contribution in [0.25, 0.3) is 21.9 Å². The number of halogens is 1. The van der Waals surface area contributed by atoms with Crippen molar-refractivity contribution in [2.45, 2.75) is 31.5 Å². The molecule has 3 rings (SSSR count). The average molecular weight is 331 g/mol. The molecule has 0 bridgehead atoms. The van der Waals surface area contributed by atoms with E-state index in [2.05, 4.69) is 60.1 Å². The summed E-state index contributed by atoms with van der Waals surface area (Å²) in [6, 6.07) is 14.8. The molecule has 0 aliphatic rings. The van der Waals surface area contributed by atoms with Gasteiger partial charge in [-0.05, 0) is 29.7 Å². The average Bonchev–Trinajstić information content (AvgIpc) is 2.86. The van der Waals surface area contributed by atoms with Gasteiger partial charge in [0.15, 0.2) is 0 Å². The van der Waals surface area contributed by atoms with Crippen molar-refractivity contribution >= 4 is 37.9 Å². The molecule has 1 heterocycles. The Bertz CT molecular complexity index is 724. The van der Waals surface area contributed by atoms with Gasteiger partial charge in [-0.1, -0.05) is 66.9 Å². The number of rotatable bonds is 4. The van der Waals surface area contributed by atoms with Gasteiger partial charge >= 0.3 is 0 Å². The van der Waals surface area contributed by atoms with Crippen LogP contribution in [-0.2, 0) is 0 Å². The highest BCUT2D eigenvalue weighted by Crippen LogP contribution is 2.38. The van der Waals surface area contributed by atoms with Crippen molar-refractivity contribution in [1.29, 1.82) is 0 Å². The molecule has 3 aromatic rings. The predicted molar refractivity (Wildman–Crippen MR) is 89.5 cm³/mol. The van der Waals surface area contributed by atoms with E-state index in [0.29, 0.717) is 10.7 Å². The van der Waals surface area contributed by atoms with E-state index in [0.717, 1.165) is 11.2 Å². The van der Waals surface area contributed by atoms with E-state index in [-0.39, 0.29) is 0 Å². The zero-order valence-electron chi connectivity index (χ0n) is 11.9. The fraction of sp³-hybridized carbons (Fsp3) is 0.333. The zero-order valence-corrected chi connectivity index (χ0v) is 13.5. The second-order valence-corrected chi connectivity index (χ2v) is 6.32. The predicted octanol–water partition coefficient (Wildman–Crippen LogP) is 6.46. The number of furan rings is 1. The second-order valence-electron chi connectivity index (χ2n) is 5.33. The summed E-state index contributed by atoms with van der Waals surface area (Å²) in [6.07, 6.45) is 2.38. The fourth-order valence-corrected chi connectivity index (χ4v) is 3.92. The Kier molecular flexibility index (Phi) is 3.84. The lowest BCUT2D eigenvalue weighted by atomic mass is 9.93. The molecular weight excluding hydrogens is 312 g/mol. The minimum Gasteiger partial charge on any atom is -0.456 e. The maximum Gasteiger partial charge on any atom is 0.135 e. The highest BCUT2D eigenvalue weighted by molar-refractivity contribution is 9.09. The molecule has 0 saturated heterocycles. The number of hydrogen-bond donors (Lipinski definition) is 0. The Hall–Kier alpha value is -1.28. The summed E-state index contributed by atoms with van der Waals surface area (Å²) >= 11 is 3.88. The molecule has 20 heavy (non-hydrogen) atoms. The zero-order chi connectivity index (χ0) is 14.1. The van der Waals surface area contributed by atoms with E-state index in [1.165, 1.54) is 29.2 Å².